The molecule has 0 N–H and O–H groups in total. The predicted molar refractivity (Wildman–Crippen MR) is 116 cm³/mol. The summed E-state index contributed by atoms with van der Waals surface area (Å²) >= 11 is 0. The minimum atomic E-state index is 0.0568. The zero-order valence-electron chi connectivity index (χ0n) is 17.3. The number of aromatic nitrogens is 2. The molecule has 6 heteroatoms. The Kier molecular flexibility index (Phi) is 5.45. The van der Waals surface area contributed by atoms with Crippen molar-refractivity contribution in [2.75, 3.05) is 38.2 Å². The first-order valence-corrected chi connectivity index (χ1v) is 10.0. The SMILES string of the molecule is COc1ccccc1N1CCN(Cc2c(C)c(=O)n(-c3ccccc3)n2C)CC1. The van der Waals surface area contributed by atoms with Gasteiger partial charge in [-0.2, -0.15) is 0 Å². The smallest absolute Gasteiger partial charge is 0.274 e. The van der Waals surface area contributed by atoms with E-state index in [1.807, 2.05) is 61.1 Å². The first kappa shape index (κ1) is 19.3. The Balaban J connectivity index is 1.50. The van der Waals surface area contributed by atoms with Crippen molar-refractivity contribution < 1.29 is 4.74 Å². The number of rotatable bonds is 5. The minimum Gasteiger partial charge on any atom is -0.495 e. The molecule has 6 nitrogen and oxygen atoms in total. The standard InChI is InChI=1S/C23H28N4O2/c1-18-21(24(2)27(23(18)28)19-9-5-4-6-10-19)17-25-13-15-26(16-14-25)20-11-7-8-12-22(20)29-3/h4-12H,13-17H2,1-3H3. The van der Waals surface area contributed by atoms with Crippen LogP contribution in [0.15, 0.2) is 59.4 Å². The number of anilines is 1. The highest BCUT2D eigenvalue weighted by Crippen LogP contribution is 2.28. The van der Waals surface area contributed by atoms with E-state index in [4.69, 9.17) is 4.74 Å². The summed E-state index contributed by atoms with van der Waals surface area (Å²) in [5.74, 6) is 0.916. The van der Waals surface area contributed by atoms with Crippen LogP contribution in [0.25, 0.3) is 5.69 Å². The first-order valence-electron chi connectivity index (χ1n) is 10.0. The van der Waals surface area contributed by atoms with Crippen LogP contribution in [0.1, 0.15) is 11.3 Å². The molecule has 1 aromatic heterocycles. The quantitative estimate of drug-likeness (QED) is 0.670. The molecule has 0 atom stereocenters. The average Bonchev–Trinajstić information content (AvgIpc) is 2.98. The maximum absolute atomic E-state index is 12.9. The van der Waals surface area contributed by atoms with Crippen molar-refractivity contribution in [1.82, 2.24) is 14.3 Å². The molecule has 4 rings (SSSR count). The van der Waals surface area contributed by atoms with Crippen LogP contribution < -0.4 is 15.2 Å². The van der Waals surface area contributed by atoms with Crippen molar-refractivity contribution in [3.05, 3.63) is 76.2 Å². The summed E-state index contributed by atoms with van der Waals surface area (Å²) in [6.45, 7) is 6.48. The average molecular weight is 393 g/mol. The summed E-state index contributed by atoms with van der Waals surface area (Å²) in [6, 6.07) is 18.0. The van der Waals surface area contributed by atoms with E-state index in [0.29, 0.717) is 0 Å². The normalized spacial score (nSPS) is 14.9. The highest BCUT2D eigenvalue weighted by molar-refractivity contribution is 5.58. The molecule has 1 fully saturated rings. The van der Waals surface area contributed by atoms with E-state index in [1.54, 1.807) is 11.8 Å². The lowest BCUT2D eigenvalue weighted by Gasteiger charge is -2.36. The van der Waals surface area contributed by atoms with Crippen LogP contribution in [0.2, 0.25) is 0 Å². The second-order valence-electron chi connectivity index (χ2n) is 7.48. The maximum Gasteiger partial charge on any atom is 0.274 e. The van der Waals surface area contributed by atoms with E-state index >= 15 is 0 Å². The van der Waals surface area contributed by atoms with E-state index < -0.39 is 0 Å². The van der Waals surface area contributed by atoms with E-state index in [2.05, 4.69) is 21.9 Å². The lowest BCUT2D eigenvalue weighted by atomic mass is 10.2. The van der Waals surface area contributed by atoms with Gasteiger partial charge in [0.05, 0.1) is 24.2 Å². The largest absolute Gasteiger partial charge is 0.495 e. The molecule has 0 radical (unpaired) electrons. The summed E-state index contributed by atoms with van der Waals surface area (Å²) in [5, 5.41) is 0. The molecular weight excluding hydrogens is 364 g/mol. The monoisotopic (exact) mass is 392 g/mol. The Morgan fingerprint density at radius 3 is 2.28 bits per heavy atom. The van der Waals surface area contributed by atoms with Gasteiger partial charge >= 0.3 is 0 Å². The maximum atomic E-state index is 12.9. The fraction of sp³-hybridized carbons (Fsp3) is 0.348. The molecule has 152 valence electrons. The van der Waals surface area contributed by atoms with Crippen molar-refractivity contribution >= 4 is 5.69 Å². The molecule has 1 saturated heterocycles. The predicted octanol–water partition coefficient (Wildman–Crippen LogP) is 2.82. The minimum absolute atomic E-state index is 0.0568. The van der Waals surface area contributed by atoms with Crippen LogP contribution >= 0.6 is 0 Å². The zero-order chi connectivity index (χ0) is 20.4. The second kappa shape index (κ2) is 8.17. The lowest BCUT2D eigenvalue weighted by molar-refractivity contribution is 0.242. The Hall–Kier alpha value is -2.99. The Morgan fingerprint density at radius 1 is 0.931 bits per heavy atom. The third-order valence-electron chi connectivity index (χ3n) is 5.81. The molecule has 0 amide bonds. The topological polar surface area (TPSA) is 42.6 Å². The van der Waals surface area contributed by atoms with Crippen molar-refractivity contribution in [3.8, 4) is 11.4 Å². The van der Waals surface area contributed by atoms with Crippen LogP contribution in [0.4, 0.5) is 5.69 Å². The highest BCUT2D eigenvalue weighted by atomic mass is 16.5. The Bertz CT molecular complexity index is 1030. The van der Waals surface area contributed by atoms with E-state index in [1.165, 1.54) is 0 Å². The van der Waals surface area contributed by atoms with E-state index in [-0.39, 0.29) is 5.56 Å². The van der Waals surface area contributed by atoms with Crippen LogP contribution in [0, 0.1) is 6.92 Å². The van der Waals surface area contributed by atoms with Crippen LogP contribution in [0.3, 0.4) is 0 Å². The number of piperazine rings is 1. The third kappa shape index (κ3) is 3.68. The summed E-state index contributed by atoms with van der Waals surface area (Å²) in [5.41, 5.74) is 4.00. The van der Waals surface area contributed by atoms with Crippen molar-refractivity contribution in [2.24, 2.45) is 7.05 Å². The third-order valence-corrected chi connectivity index (χ3v) is 5.81. The van der Waals surface area contributed by atoms with Gasteiger partial charge in [-0.15, -0.1) is 0 Å². The van der Waals surface area contributed by atoms with Gasteiger partial charge in [0.1, 0.15) is 5.75 Å². The molecule has 0 aliphatic carbocycles. The molecule has 3 aromatic rings. The lowest BCUT2D eigenvalue weighted by Crippen LogP contribution is -2.46. The number of ether oxygens (including phenoxy) is 1. The molecule has 0 spiro atoms. The molecular formula is C23H28N4O2. The van der Waals surface area contributed by atoms with Crippen molar-refractivity contribution in [1.29, 1.82) is 0 Å². The number of nitrogens with zero attached hydrogens (tertiary/aromatic N) is 4. The van der Waals surface area contributed by atoms with Gasteiger partial charge < -0.3 is 9.64 Å². The second-order valence-corrected chi connectivity index (χ2v) is 7.48. The Morgan fingerprint density at radius 2 is 1.59 bits per heavy atom. The molecule has 29 heavy (non-hydrogen) atoms. The van der Waals surface area contributed by atoms with Gasteiger partial charge in [-0.25, -0.2) is 4.68 Å². The first-order chi connectivity index (χ1) is 14.1. The fourth-order valence-electron chi connectivity index (χ4n) is 4.11. The molecule has 0 saturated carbocycles. The molecule has 1 aliphatic heterocycles. The van der Waals surface area contributed by atoms with E-state index in [0.717, 1.165) is 61.1 Å². The van der Waals surface area contributed by atoms with Gasteiger partial charge in [-0.3, -0.25) is 14.4 Å². The number of benzene rings is 2. The van der Waals surface area contributed by atoms with Gasteiger partial charge in [0.15, 0.2) is 0 Å². The molecule has 0 unspecified atom stereocenters. The molecule has 2 aromatic carbocycles. The highest BCUT2D eigenvalue weighted by Gasteiger charge is 2.23. The summed E-state index contributed by atoms with van der Waals surface area (Å²) in [6.07, 6.45) is 0. The summed E-state index contributed by atoms with van der Waals surface area (Å²) in [7, 11) is 3.69. The van der Waals surface area contributed by atoms with Gasteiger partial charge in [-0.1, -0.05) is 30.3 Å². The number of methoxy groups -OCH3 is 1. The van der Waals surface area contributed by atoms with Crippen LogP contribution in [-0.2, 0) is 13.6 Å². The molecule has 1 aliphatic rings. The summed E-state index contributed by atoms with van der Waals surface area (Å²) in [4.78, 5) is 17.7. The number of para-hydroxylation sites is 3. The summed E-state index contributed by atoms with van der Waals surface area (Å²) < 4.78 is 9.27. The zero-order valence-corrected chi connectivity index (χ0v) is 17.3. The number of hydrogen-bond donors (Lipinski definition) is 0. The Labute approximate surface area is 171 Å². The van der Waals surface area contributed by atoms with Gasteiger partial charge in [-0.05, 0) is 31.2 Å². The van der Waals surface area contributed by atoms with Gasteiger partial charge in [0.2, 0.25) is 0 Å². The molecule has 0 bridgehead atoms. The van der Waals surface area contributed by atoms with Gasteiger partial charge in [0.25, 0.3) is 5.56 Å². The fourth-order valence-corrected chi connectivity index (χ4v) is 4.11. The number of hydrogen-bond acceptors (Lipinski definition) is 4. The molecule has 2 heterocycles. The van der Waals surface area contributed by atoms with Gasteiger partial charge in [0, 0.05) is 45.3 Å². The van der Waals surface area contributed by atoms with Crippen molar-refractivity contribution in [2.45, 2.75) is 13.5 Å². The van der Waals surface area contributed by atoms with Crippen LogP contribution in [0.5, 0.6) is 5.75 Å². The van der Waals surface area contributed by atoms with Crippen molar-refractivity contribution in [3.63, 3.8) is 0 Å². The van der Waals surface area contributed by atoms with E-state index in [9.17, 15) is 4.79 Å². The van der Waals surface area contributed by atoms with Crippen LogP contribution in [-0.4, -0.2) is 47.6 Å².